The highest BCUT2D eigenvalue weighted by Gasteiger charge is 2.29. The monoisotopic (exact) mass is 312 g/mol. The van der Waals surface area contributed by atoms with Crippen LogP contribution >= 0.6 is 0 Å². The van der Waals surface area contributed by atoms with Gasteiger partial charge in [0.2, 0.25) is 9.84 Å². The number of anilines is 2. The fourth-order valence-electron chi connectivity index (χ4n) is 1.88. The normalized spacial score (nSPS) is 11.6. The highest BCUT2D eigenvalue weighted by atomic mass is 32.2. The summed E-state index contributed by atoms with van der Waals surface area (Å²) in [6.45, 7) is 0.243. The average molecular weight is 312 g/mol. The molecule has 3 N–H and O–H groups in total. The van der Waals surface area contributed by atoms with Crippen LogP contribution < -0.4 is 11.1 Å². The van der Waals surface area contributed by atoms with Gasteiger partial charge in [0.15, 0.2) is 0 Å². The molecule has 2 aromatic carbocycles. The van der Waals surface area contributed by atoms with Crippen molar-refractivity contribution in [2.45, 2.75) is 17.2 Å². The molecule has 0 aromatic heterocycles. The van der Waals surface area contributed by atoms with E-state index in [2.05, 4.69) is 5.32 Å². The van der Waals surface area contributed by atoms with E-state index in [0.717, 1.165) is 11.6 Å². The van der Waals surface area contributed by atoms with Crippen molar-refractivity contribution in [3.05, 3.63) is 54.1 Å². The molecule has 112 valence electrons. The maximum absolute atomic E-state index is 12.7. The fourth-order valence-corrected chi connectivity index (χ4v) is 2.77. The number of benzene rings is 2. The van der Waals surface area contributed by atoms with Crippen LogP contribution in [0.5, 0.6) is 0 Å². The zero-order valence-corrected chi connectivity index (χ0v) is 11.8. The quantitative estimate of drug-likeness (QED) is 0.890. The molecule has 0 saturated carbocycles. The number of alkyl halides is 2. The van der Waals surface area contributed by atoms with Gasteiger partial charge in [-0.05, 0) is 23.8 Å². The number of hydrogen-bond acceptors (Lipinski definition) is 4. The molecule has 0 radical (unpaired) electrons. The lowest BCUT2D eigenvalue weighted by Crippen LogP contribution is -2.13. The molecule has 2 rings (SSSR count). The minimum atomic E-state index is -4.67. The number of hydrogen-bond donors (Lipinski definition) is 2. The smallest absolute Gasteiger partial charge is 0.341 e. The van der Waals surface area contributed by atoms with Gasteiger partial charge in [-0.3, -0.25) is 0 Å². The molecule has 2 aromatic rings. The molecule has 4 nitrogen and oxygen atoms in total. The molecule has 0 fully saturated rings. The number of sulfone groups is 1. The molecule has 0 bridgehead atoms. The van der Waals surface area contributed by atoms with Crippen LogP contribution in [0.1, 0.15) is 5.56 Å². The van der Waals surface area contributed by atoms with Crippen molar-refractivity contribution in [1.82, 2.24) is 0 Å². The lowest BCUT2D eigenvalue weighted by atomic mass is 10.1. The fraction of sp³-hybridized carbons (Fsp3) is 0.143. The summed E-state index contributed by atoms with van der Waals surface area (Å²) in [4.78, 5) is -0.438. The lowest BCUT2D eigenvalue weighted by Gasteiger charge is -2.14. The second-order valence-electron chi connectivity index (χ2n) is 4.29. The third kappa shape index (κ3) is 3.20. The molecule has 0 spiro atoms. The number of rotatable bonds is 5. The topological polar surface area (TPSA) is 72.2 Å². The van der Waals surface area contributed by atoms with Crippen LogP contribution in [0.15, 0.2) is 53.4 Å². The molecule has 0 aliphatic rings. The van der Waals surface area contributed by atoms with E-state index < -0.39 is 20.5 Å². The molecular formula is C14H14F2N2O2S. The summed E-state index contributed by atoms with van der Waals surface area (Å²) in [6, 6.07) is 12.5. The van der Waals surface area contributed by atoms with Gasteiger partial charge in [-0.1, -0.05) is 30.3 Å². The minimum Gasteiger partial charge on any atom is -0.354 e. The minimum absolute atomic E-state index is 0.0960. The molecule has 0 amide bonds. The number of nitrogens with two attached hydrogens (primary N) is 1. The number of para-hydroxylation sites is 2. The van der Waals surface area contributed by atoms with Crippen LogP contribution in [0, 0.1) is 0 Å². The molecular weight excluding hydrogens is 298 g/mol. The van der Waals surface area contributed by atoms with Gasteiger partial charge in [0.25, 0.3) is 0 Å². The Morgan fingerprint density at radius 3 is 2.19 bits per heavy atom. The van der Waals surface area contributed by atoms with E-state index in [0.29, 0.717) is 5.69 Å². The summed E-state index contributed by atoms with van der Waals surface area (Å²) in [5, 5.41) is 2.86. The SMILES string of the molecule is NCc1ccccc1Nc1ccccc1S(=O)(=O)C(F)F. The van der Waals surface area contributed by atoms with E-state index in [1.807, 2.05) is 0 Å². The Morgan fingerprint density at radius 2 is 1.57 bits per heavy atom. The molecule has 0 atom stereocenters. The van der Waals surface area contributed by atoms with E-state index in [-0.39, 0.29) is 12.2 Å². The molecule has 0 saturated heterocycles. The summed E-state index contributed by atoms with van der Waals surface area (Å²) in [5.74, 6) is -3.47. The predicted octanol–water partition coefficient (Wildman–Crippen LogP) is 2.89. The van der Waals surface area contributed by atoms with Crippen molar-refractivity contribution >= 4 is 21.2 Å². The predicted molar refractivity (Wildman–Crippen MR) is 77.2 cm³/mol. The van der Waals surface area contributed by atoms with Crippen molar-refractivity contribution in [2.24, 2.45) is 5.73 Å². The number of halogens is 2. The lowest BCUT2D eigenvalue weighted by molar-refractivity contribution is 0.235. The van der Waals surface area contributed by atoms with E-state index >= 15 is 0 Å². The highest BCUT2D eigenvalue weighted by molar-refractivity contribution is 7.91. The van der Waals surface area contributed by atoms with E-state index in [1.54, 1.807) is 30.3 Å². The van der Waals surface area contributed by atoms with Gasteiger partial charge in [0.05, 0.1) is 10.6 Å². The maximum Gasteiger partial charge on any atom is 0.341 e. The molecule has 0 aliphatic heterocycles. The van der Waals surface area contributed by atoms with Crippen LogP contribution in [-0.2, 0) is 16.4 Å². The second kappa shape index (κ2) is 6.19. The maximum atomic E-state index is 12.7. The van der Waals surface area contributed by atoms with E-state index in [1.165, 1.54) is 12.1 Å². The van der Waals surface area contributed by atoms with Crippen LogP contribution in [-0.4, -0.2) is 14.2 Å². The second-order valence-corrected chi connectivity index (χ2v) is 6.17. The Hall–Kier alpha value is -1.99. The summed E-state index contributed by atoms with van der Waals surface area (Å²) in [5.41, 5.74) is 7.03. The van der Waals surface area contributed by atoms with Gasteiger partial charge in [0, 0.05) is 12.2 Å². The van der Waals surface area contributed by atoms with E-state index in [4.69, 9.17) is 5.73 Å². The molecule has 0 heterocycles. The Labute approximate surface area is 121 Å². The molecule has 7 heteroatoms. The van der Waals surface area contributed by atoms with Gasteiger partial charge >= 0.3 is 5.76 Å². The standard InChI is InChI=1S/C14H14F2N2O2S/c15-14(16)21(19,20)13-8-4-3-7-12(13)18-11-6-2-1-5-10(11)9-17/h1-8,14,18H,9,17H2. The van der Waals surface area contributed by atoms with Gasteiger partial charge in [0.1, 0.15) is 0 Å². The largest absolute Gasteiger partial charge is 0.354 e. The van der Waals surface area contributed by atoms with Crippen molar-refractivity contribution in [3.8, 4) is 0 Å². The first kappa shape index (κ1) is 15.4. The van der Waals surface area contributed by atoms with E-state index in [9.17, 15) is 17.2 Å². The Kier molecular flexibility index (Phi) is 4.54. The first-order valence-corrected chi connectivity index (χ1v) is 7.67. The highest BCUT2D eigenvalue weighted by Crippen LogP contribution is 2.29. The third-order valence-corrected chi connectivity index (χ3v) is 4.37. The van der Waals surface area contributed by atoms with Crippen LogP contribution in [0.3, 0.4) is 0 Å². The first-order chi connectivity index (χ1) is 9.96. The molecule has 0 unspecified atom stereocenters. The summed E-state index contributed by atoms with van der Waals surface area (Å²) < 4.78 is 48.8. The van der Waals surface area contributed by atoms with Gasteiger partial charge in [-0.15, -0.1) is 0 Å². The Balaban J connectivity index is 2.47. The Morgan fingerprint density at radius 1 is 1.00 bits per heavy atom. The van der Waals surface area contributed by atoms with Crippen molar-refractivity contribution < 1.29 is 17.2 Å². The molecule has 21 heavy (non-hydrogen) atoms. The van der Waals surface area contributed by atoms with Crippen LogP contribution in [0.2, 0.25) is 0 Å². The number of nitrogens with one attached hydrogen (secondary N) is 1. The summed E-state index contributed by atoms with van der Waals surface area (Å²) >= 11 is 0. The first-order valence-electron chi connectivity index (χ1n) is 6.13. The zero-order chi connectivity index (χ0) is 15.5. The van der Waals surface area contributed by atoms with Gasteiger partial charge < -0.3 is 11.1 Å². The van der Waals surface area contributed by atoms with Crippen LogP contribution in [0.4, 0.5) is 20.2 Å². The summed E-state index contributed by atoms with van der Waals surface area (Å²) in [7, 11) is -4.67. The third-order valence-electron chi connectivity index (χ3n) is 2.93. The van der Waals surface area contributed by atoms with Gasteiger partial charge in [-0.2, -0.15) is 8.78 Å². The average Bonchev–Trinajstić information content (AvgIpc) is 2.48. The summed E-state index contributed by atoms with van der Waals surface area (Å²) in [6.07, 6.45) is 0. The van der Waals surface area contributed by atoms with Crippen molar-refractivity contribution in [1.29, 1.82) is 0 Å². The Bertz CT molecular complexity index is 733. The van der Waals surface area contributed by atoms with Crippen LogP contribution in [0.25, 0.3) is 0 Å². The van der Waals surface area contributed by atoms with Gasteiger partial charge in [-0.25, -0.2) is 8.42 Å². The van der Waals surface area contributed by atoms with Crippen molar-refractivity contribution in [3.63, 3.8) is 0 Å². The van der Waals surface area contributed by atoms with Crippen molar-refractivity contribution in [2.75, 3.05) is 5.32 Å². The zero-order valence-electron chi connectivity index (χ0n) is 11.0. The molecule has 0 aliphatic carbocycles.